The second-order valence-corrected chi connectivity index (χ2v) is 7.87. The van der Waals surface area contributed by atoms with E-state index in [0.717, 1.165) is 29.1 Å². The number of halogens is 2. The first-order valence-electron chi connectivity index (χ1n) is 9.43. The summed E-state index contributed by atoms with van der Waals surface area (Å²) < 4.78 is 6.53. The summed E-state index contributed by atoms with van der Waals surface area (Å²) in [7, 11) is 1.37. The van der Waals surface area contributed by atoms with Crippen LogP contribution in [0, 0.1) is 13.8 Å². The molecule has 0 radical (unpaired) electrons. The fourth-order valence-electron chi connectivity index (χ4n) is 3.56. The molecule has 2 heterocycles. The third kappa shape index (κ3) is 4.67. The first-order valence-corrected chi connectivity index (χ1v) is 10.2. The minimum absolute atomic E-state index is 0.0182. The highest BCUT2D eigenvalue weighted by Gasteiger charge is 2.24. The van der Waals surface area contributed by atoms with E-state index in [2.05, 4.69) is 5.10 Å². The molecule has 9 heteroatoms. The van der Waals surface area contributed by atoms with Crippen molar-refractivity contribution in [2.24, 2.45) is 0 Å². The van der Waals surface area contributed by atoms with Gasteiger partial charge in [-0.3, -0.25) is 4.79 Å². The van der Waals surface area contributed by atoms with Crippen LogP contribution in [0.15, 0.2) is 18.2 Å². The fraction of sp³-hybridized carbons (Fsp3) is 0.450. The summed E-state index contributed by atoms with van der Waals surface area (Å²) in [6, 6.07) is 5.24. The van der Waals surface area contributed by atoms with Gasteiger partial charge in [-0.05, 0) is 38.5 Å². The van der Waals surface area contributed by atoms with Crippen LogP contribution >= 0.6 is 23.2 Å². The van der Waals surface area contributed by atoms with Gasteiger partial charge >= 0.3 is 6.09 Å². The van der Waals surface area contributed by atoms with Gasteiger partial charge in [0.25, 0.3) is 0 Å². The molecule has 0 saturated carbocycles. The van der Waals surface area contributed by atoms with Crippen molar-refractivity contribution in [3.05, 3.63) is 45.2 Å². The first-order chi connectivity index (χ1) is 13.8. The van der Waals surface area contributed by atoms with Crippen LogP contribution in [0.4, 0.5) is 4.79 Å². The number of ether oxygens (including phenoxy) is 1. The maximum Gasteiger partial charge on any atom is 0.409 e. The molecule has 0 atom stereocenters. The van der Waals surface area contributed by atoms with Crippen LogP contribution in [-0.2, 0) is 16.0 Å². The van der Waals surface area contributed by atoms with Crippen LogP contribution < -0.4 is 0 Å². The number of carbonyl (C=O) groups excluding carboxylic acids is 2. The van der Waals surface area contributed by atoms with Gasteiger partial charge in [-0.25, -0.2) is 9.48 Å². The number of hydrogen-bond acceptors (Lipinski definition) is 4. The molecule has 1 saturated heterocycles. The molecule has 1 aromatic carbocycles. The van der Waals surface area contributed by atoms with Crippen molar-refractivity contribution in [3.8, 4) is 5.69 Å². The van der Waals surface area contributed by atoms with Gasteiger partial charge in [0, 0.05) is 42.5 Å². The minimum Gasteiger partial charge on any atom is -0.453 e. The monoisotopic (exact) mass is 438 g/mol. The van der Waals surface area contributed by atoms with Crippen molar-refractivity contribution in [3.63, 3.8) is 0 Å². The van der Waals surface area contributed by atoms with E-state index in [1.807, 2.05) is 19.9 Å². The van der Waals surface area contributed by atoms with Crippen LogP contribution in [0.1, 0.15) is 23.4 Å². The van der Waals surface area contributed by atoms with E-state index in [0.29, 0.717) is 36.2 Å². The number of aryl methyl sites for hydroxylation is 1. The highest BCUT2D eigenvalue weighted by atomic mass is 35.5. The molecule has 2 amide bonds. The third-order valence-electron chi connectivity index (χ3n) is 5.19. The van der Waals surface area contributed by atoms with E-state index in [-0.39, 0.29) is 18.4 Å². The topological polar surface area (TPSA) is 67.7 Å². The van der Waals surface area contributed by atoms with E-state index in [1.165, 1.54) is 7.11 Å². The maximum atomic E-state index is 12.9. The largest absolute Gasteiger partial charge is 0.453 e. The minimum atomic E-state index is -0.355. The second kappa shape index (κ2) is 9.05. The average molecular weight is 439 g/mol. The molecule has 3 rings (SSSR count). The zero-order valence-corrected chi connectivity index (χ0v) is 18.3. The molecule has 7 nitrogen and oxygen atoms in total. The quantitative estimate of drug-likeness (QED) is 0.733. The highest BCUT2D eigenvalue weighted by molar-refractivity contribution is 6.35. The molecule has 1 aliphatic heterocycles. The van der Waals surface area contributed by atoms with Crippen LogP contribution in [0.5, 0.6) is 0 Å². The van der Waals surface area contributed by atoms with Crippen molar-refractivity contribution in [2.75, 3.05) is 33.3 Å². The van der Waals surface area contributed by atoms with Gasteiger partial charge in [0.2, 0.25) is 5.91 Å². The summed E-state index contributed by atoms with van der Waals surface area (Å²) >= 11 is 12.3. The lowest BCUT2D eigenvalue weighted by molar-refractivity contribution is -0.130. The van der Waals surface area contributed by atoms with Crippen LogP contribution in [0.25, 0.3) is 5.69 Å². The summed E-state index contributed by atoms with van der Waals surface area (Å²) in [6.07, 6.45) is 0.617. The molecule has 0 bridgehead atoms. The Morgan fingerprint density at radius 2 is 1.79 bits per heavy atom. The number of nitrogens with zero attached hydrogens (tertiary/aromatic N) is 4. The van der Waals surface area contributed by atoms with Crippen LogP contribution in [0.2, 0.25) is 10.0 Å². The first kappa shape index (κ1) is 21.5. The molecule has 2 aromatic rings. The smallest absolute Gasteiger partial charge is 0.409 e. The number of methoxy groups -OCH3 is 1. The summed E-state index contributed by atoms with van der Waals surface area (Å²) in [5.41, 5.74) is 3.26. The number of aromatic nitrogens is 2. The highest BCUT2D eigenvalue weighted by Crippen LogP contribution is 2.27. The van der Waals surface area contributed by atoms with E-state index in [9.17, 15) is 9.59 Å². The Balaban J connectivity index is 1.76. The normalized spacial score (nSPS) is 14.7. The maximum absolute atomic E-state index is 12.9. The molecule has 29 heavy (non-hydrogen) atoms. The van der Waals surface area contributed by atoms with Crippen molar-refractivity contribution < 1.29 is 14.3 Å². The van der Waals surface area contributed by atoms with Crippen molar-refractivity contribution >= 4 is 35.2 Å². The van der Waals surface area contributed by atoms with E-state index >= 15 is 0 Å². The van der Waals surface area contributed by atoms with Crippen LogP contribution in [0.3, 0.4) is 0 Å². The summed E-state index contributed by atoms with van der Waals surface area (Å²) in [6.45, 7) is 5.97. The Labute approximate surface area is 180 Å². The van der Waals surface area contributed by atoms with Gasteiger partial charge in [0.05, 0.1) is 29.9 Å². The molecule has 0 N–H and O–H groups in total. The Morgan fingerprint density at radius 1 is 1.10 bits per heavy atom. The van der Waals surface area contributed by atoms with Crippen molar-refractivity contribution in [1.82, 2.24) is 19.6 Å². The second-order valence-electron chi connectivity index (χ2n) is 7.03. The van der Waals surface area contributed by atoms with Gasteiger partial charge in [-0.2, -0.15) is 5.10 Å². The molecule has 156 valence electrons. The number of benzene rings is 1. The van der Waals surface area contributed by atoms with E-state index < -0.39 is 0 Å². The Morgan fingerprint density at radius 3 is 2.48 bits per heavy atom. The average Bonchev–Trinajstić information content (AvgIpc) is 2.88. The molecule has 0 unspecified atom stereocenters. The third-order valence-corrected chi connectivity index (χ3v) is 5.73. The summed E-state index contributed by atoms with van der Waals surface area (Å²) in [5.74, 6) is 0.0182. The van der Waals surface area contributed by atoms with Gasteiger partial charge in [-0.1, -0.05) is 23.2 Å². The number of amides is 2. The van der Waals surface area contributed by atoms with E-state index in [1.54, 1.807) is 26.6 Å². The lowest BCUT2D eigenvalue weighted by Gasteiger charge is -2.21. The zero-order chi connectivity index (χ0) is 21.1. The Hall–Kier alpha value is -2.25. The standard InChI is InChI=1S/C20H24Cl2N4O3/c1-13-16(14(2)26(23-13)18-6-5-15(21)11-17(18)22)12-19(27)24-7-4-8-25(10-9-24)20(28)29-3/h5-6,11H,4,7-10,12H2,1-3H3. The lowest BCUT2D eigenvalue weighted by Crippen LogP contribution is -2.38. The van der Waals surface area contributed by atoms with Crippen LogP contribution in [-0.4, -0.2) is 64.9 Å². The van der Waals surface area contributed by atoms with Gasteiger partial charge in [0.15, 0.2) is 0 Å². The fourth-order valence-corrected chi connectivity index (χ4v) is 4.05. The molecular weight excluding hydrogens is 415 g/mol. The molecule has 0 spiro atoms. The number of carbonyl (C=O) groups is 2. The molecule has 1 fully saturated rings. The number of hydrogen-bond donors (Lipinski definition) is 0. The molecular formula is C20H24Cl2N4O3. The van der Waals surface area contributed by atoms with Crippen molar-refractivity contribution in [2.45, 2.75) is 26.7 Å². The lowest BCUT2D eigenvalue weighted by atomic mass is 10.1. The predicted octanol–water partition coefficient (Wildman–Crippen LogP) is 3.64. The van der Waals surface area contributed by atoms with Gasteiger partial charge in [-0.15, -0.1) is 0 Å². The zero-order valence-electron chi connectivity index (χ0n) is 16.7. The SMILES string of the molecule is COC(=O)N1CCCN(C(=O)Cc2c(C)nn(-c3ccc(Cl)cc3Cl)c2C)CC1. The van der Waals surface area contributed by atoms with Gasteiger partial charge in [0.1, 0.15) is 0 Å². The van der Waals surface area contributed by atoms with Gasteiger partial charge < -0.3 is 14.5 Å². The Bertz CT molecular complexity index is 929. The molecule has 1 aromatic heterocycles. The summed E-state index contributed by atoms with van der Waals surface area (Å²) in [5, 5.41) is 5.63. The summed E-state index contributed by atoms with van der Waals surface area (Å²) in [4.78, 5) is 28.1. The molecule has 1 aliphatic rings. The molecule has 0 aliphatic carbocycles. The number of rotatable bonds is 3. The van der Waals surface area contributed by atoms with E-state index in [4.69, 9.17) is 27.9 Å². The Kier molecular flexibility index (Phi) is 6.70. The van der Waals surface area contributed by atoms with Crippen molar-refractivity contribution in [1.29, 1.82) is 0 Å². The predicted molar refractivity (Wildman–Crippen MR) is 112 cm³/mol.